The number of hydrogen-bond donors (Lipinski definition) is 1. The number of nitrogen functional groups attached to an aromatic ring is 1. The molecule has 2 aliphatic rings. The minimum atomic E-state index is -0.0366. The number of fused-ring (bicyclic) bond motifs is 4. The number of anilines is 1. The molecular weight excluding hydrogens is 366 g/mol. The van der Waals surface area contributed by atoms with Gasteiger partial charge in [0, 0.05) is 60.8 Å². The van der Waals surface area contributed by atoms with Crippen LogP contribution in [0.3, 0.4) is 0 Å². The molecule has 0 unspecified atom stereocenters. The summed E-state index contributed by atoms with van der Waals surface area (Å²) in [5.74, 6) is 0.695. The van der Waals surface area contributed by atoms with Crippen molar-refractivity contribution in [1.82, 2.24) is 19.4 Å². The van der Waals surface area contributed by atoms with E-state index in [4.69, 9.17) is 5.73 Å². The SMILES string of the molecule is Nc1cc(C(=O)N2C[C@@H]3C[C@H](C2)c2cc(-c4ccccn4)cc(=O)n2C3)ccn1. The van der Waals surface area contributed by atoms with Crippen molar-refractivity contribution in [2.75, 3.05) is 18.8 Å². The van der Waals surface area contributed by atoms with E-state index in [1.165, 1.54) is 0 Å². The highest BCUT2D eigenvalue weighted by atomic mass is 16.2. The van der Waals surface area contributed by atoms with Crippen LogP contribution in [-0.2, 0) is 6.54 Å². The lowest BCUT2D eigenvalue weighted by atomic mass is 9.82. The Bertz CT molecular complexity index is 1140. The van der Waals surface area contributed by atoms with E-state index in [1.807, 2.05) is 27.7 Å². The first-order chi connectivity index (χ1) is 14.1. The first-order valence-electron chi connectivity index (χ1n) is 9.75. The van der Waals surface area contributed by atoms with Crippen LogP contribution in [-0.4, -0.2) is 38.4 Å². The van der Waals surface area contributed by atoms with Crippen LogP contribution in [0.2, 0.25) is 0 Å². The number of carbonyl (C=O) groups is 1. The molecule has 2 bridgehead atoms. The minimum absolute atomic E-state index is 0.000429. The number of likely N-dealkylation sites (tertiary alicyclic amines) is 1. The molecule has 146 valence electrons. The van der Waals surface area contributed by atoms with E-state index in [9.17, 15) is 9.59 Å². The second-order valence-electron chi connectivity index (χ2n) is 7.81. The zero-order chi connectivity index (χ0) is 20.0. The van der Waals surface area contributed by atoms with Crippen LogP contribution < -0.4 is 11.3 Å². The van der Waals surface area contributed by atoms with Crippen molar-refractivity contribution in [2.24, 2.45) is 5.92 Å². The Morgan fingerprint density at radius 1 is 1.03 bits per heavy atom. The smallest absolute Gasteiger partial charge is 0.254 e. The quantitative estimate of drug-likeness (QED) is 0.727. The van der Waals surface area contributed by atoms with Crippen LogP contribution in [0, 0.1) is 5.92 Å². The summed E-state index contributed by atoms with van der Waals surface area (Å²) < 4.78 is 1.87. The zero-order valence-corrected chi connectivity index (χ0v) is 15.9. The van der Waals surface area contributed by atoms with Crippen molar-refractivity contribution in [3.8, 4) is 11.3 Å². The van der Waals surface area contributed by atoms with Gasteiger partial charge >= 0.3 is 0 Å². The summed E-state index contributed by atoms with van der Waals surface area (Å²) in [6.45, 7) is 1.86. The summed E-state index contributed by atoms with van der Waals surface area (Å²) in [5, 5.41) is 0. The number of aromatic nitrogens is 3. The Hall–Kier alpha value is -3.48. The number of pyridine rings is 3. The predicted octanol–water partition coefficient (Wildman–Crippen LogP) is 2.15. The lowest BCUT2D eigenvalue weighted by molar-refractivity contribution is 0.0594. The third-order valence-corrected chi connectivity index (χ3v) is 5.83. The standard InChI is InChI=1S/C22H21N5O2/c23-20-9-15(4-6-25-20)22(29)26-11-14-7-17(13-26)19-8-16(10-21(28)27(19)12-14)18-3-1-2-5-24-18/h1-6,8-10,14,17H,7,11-13H2,(H2,23,25)/t14-,17+/m0/s1. The second kappa shape index (κ2) is 6.84. The Labute approximate surface area is 167 Å². The Kier molecular flexibility index (Phi) is 4.16. The zero-order valence-electron chi connectivity index (χ0n) is 15.9. The third kappa shape index (κ3) is 3.18. The molecule has 2 atom stereocenters. The number of hydrogen-bond acceptors (Lipinski definition) is 5. The first kappa shape index (κ1) is 17.6. The topological polar surface area (TPSA) is 94.1 Å². The number of nitrogens with two attached hydrogens (primary N) is 1. The number of piperidine rings is 1. The molecule has 0 aromatic carbocycles. The summed E-state index contributed by atoms with van der Waals surface area (Å²) in [6.07, 6.45) is 4.26. The maximum Gasteiger partial charge on any atom is 0.254 e. The Balaban J connectivity index is 1.49. The monoisotopic (exact) mass is 387 g/mol. The van der Waals surface area contributed by atoms with Gasteiger partial charge in [0.25, 0.3) is 11.5 Å². The largest absolute Gasteiger partial charge is 0.384 e. The first-order valence-corrected chi connectivity index (χ1v) is 9.75. The molecule has 1 fully saturated rings. The van der Waals surface area contributed by atoms with Crippen LogP contribution in [0.4, 0.5) is 5.82 Å². The van der Waals surface area contributed by atoms with Gasteiger partial charge in [-0.2, -0.15) is 0 Å². The molecule has 29 heavy (non-hydrogen) atoms. The van der Waals surface area contributed by atoms with Crippen molar-refractivity contribution < 1.29 is 4.79 Å². The third-order valence-electron chi connectivity index (χ3n) is 5.83. The molecule has 5 rings (SSSR count). The highest BCUT2D eigenvalue weighted by molar-refractivity contribution is 5.94. The van der Waals surface area contributed by atoms with E-state index >= 15 is 0 Å². The average molecular weight is 387 g/mol. The van der Waals surface area contributed by atoms with Crippen LogP contribution in [0.15, 0.2) is 59.7 Å². The molecule has 0 saturated carbocycles. The van der Waals surface area contributed by atoms with Crippen molar-refractivity contribution in [3.63, 3.8) is 0 Å². The van der Waals surface area contributed by atoms with Gasteiger partial charge in [0.1, 0.15) is 5.82 Å². The van der Waals surface area contributed by atoms with Gasteiger partial charge in [0.2, 0.25) is 0 Å². The highest BCUT2D eigenvalue weighted by Gasteiger charge is 2.37. The number of carbonyl (C=O) groups excluding carboxylic acids is 1. The van der Waals surface area contributed by atoms with Crippen molar-refractivity contribution in [2.45, 2.75) is 18.9 Å². The highest BCUT2D eigenvalue weighted by Crippen LogP contribution is 2.36. The van der Waals surface area contributed by atoms with Crippen molar-refractivity contribution in [1.29, 1.82) is 0 Å². The Morgan fingerprint density at radius 2 is 1.93 bits per heavy atom. The maximum atomic E-state index is 13.0. The van der Waals surface area contributed by atoms with Crippen molar-refractivity contribution in [3.05, 3.63) is 76.5 Å². The lowest BCUT2D eigenvalue weighted by Crippen LogP contribution is -2.49. The molecule has 2 aliphatic heterocycles. The van der Waals surface area contributed by atoms with Gasteiger partial charge in [0.05, 0.1) is 5.69 Å². The molecule has 1 saturated heterocycles. The van der Waals surface area contributed by atoms with Gasteiger partial charge in [-0.05, 0) is 42.7 Å². The van der Waals surface area contributed by atoms with Gasteiger partial charge in [0.15, 0.2) is 0 Å². The molecule has 7 nitrogen and oxygen atoms in total. The molecule has 3 aromatic heterocycles. The minimum Gasteiger partial charge on any atom is -0.384 e. The number of rotatable bonds is 2. The normalized spacial score (nSPS) is 20.2. The van der Waals surface area contributed by atoms with Crippen molar-refractivity contribution >= 4 is 11.7 Å². The molecule has 0 aliphatic carbocycles. The molecular formula is C22H21N5O2. The van der Waals surface area contributed by atoms with Crippen LogP contribution in [0.25, 0.3) is 11.3 Å². The summed E-state index contributed by atoms with van der Waals surface area (Å²) in [7, 11) is 0. The van der Waals surface area contributed by atoms with Gasteiger partial charge in [-0.15, -0.1) is 0 Å². The maximum absolute atomic E-state index is 13.0. The van der Waals surface area contributed by atoms with Gasteiger partial charge in [-0.25, -0.2) is 4.98 Å². The van der Waals surface area contributed by atoms with E-state index in [-0.39, 0.29) is 23.3 Å². The van der Waals surface area contributed by atoms with Gasteiger partial charge in [-0.1, -0.05) is 6.07 Å². The average Bonchev–Trinajstić information content (AvgIpc) is 2.74. The van der Waals surface area contributed by atoms with E-state index in [0.29, 0.717) is 31.0 Å². The van der Waals surface area contributed by atoms with E-state index in [1.54, 1.807) is 30.6 Å². The molecule has 3 aromatic rings. The Morgan fingerprint density at radius 3 is 2.72 bits per heavy atom. The van der Waals surface area contributed by atoms with Gasteiger partial charge in [-0.3, -0.25) is 14.6 Å². The molecule has 1 amide bonds. The lowest BCUT2D eigenvalue weighted by Gasteiger charge is -2.43. The molecule has 7 heteroatoms. The van der Waals surface area contributed by atoms with Crippen LogP contribution in [0.1, 0.15) is 28.4 Å². The van der Waals surface area contributed by atoms with Crippen LogP contribution in [0.5, 0.6) is 0 Å². The number of amides is 1. The van der Waals surface area contributed by atoms with Crippen LogP contribution >= 0.6 is 0 Å². The fraction of sp³-hybridized carbons (Fsp3) is 0.273. The molecule has 2 N–H and O–H groups in total. The van der Waals surface area contributed by atoms with E-state index in [0.717, 1.165) is 23.4 Å². The second-order valence-corrected chi connectivity index (χ2v) is 7.81. The predicted molar refractivity (Wildman–Crippen MR) is 109 cm³/mol. The number of nitrogens with zero attached hydrogens (tertiary/aromatic N) is 4. The summed E-state index contributed by atoms with van der Waals surface area (Å²) in [6, 6.07) is 12.7. The summed E-state index contributed by atoms with van der Waals surface area (Å²) in [4.78, 5) is 36.0. The summed E-state index contributed by atoms with van der Waals surface area (Å²) >= 11 is 0. The molecule has 0 radical (unpaired) electrons. The fourth-order valence-electron chi connectivity index (χ4n) is 4.57. The van der Waals surface area contributed by atoms with Gasteiger partial charge < -0.3 is 15.2 Å². The molecule has 0 spiro atoms. The summed E-state index contributed by atoms with van der Waals surface area (Å²) in [5.41, 5.74) is 8.89. The molecule has 5 heterocycles. The van der Waals surface area contributed by atoms with E-state index in [2.05, 4.69) is 16.0 Å². The van der Waals surface area contributed by atoms with E-state index < -0.39 is 0 Å². The fourth-order valence-corrected chi connectivity index (χ4v) is 4.57.